The molecule has 22 heavy (non-hydrogen) atoms. The van der Waals surface area contributed by atoms with Crippen molar-refractivity contribution in [2.24, 2.45) is 5.41 Å². The minimum atomic E-state index is -0.193. The second kappa shape index (κ2) is 7.07. The van der Waals surface area contributed by atoms with Crippen LogP contribution in [0, 0.1) is 11.2 Å². The Morgan fingerprint density at radius 3 is 2.09 bits per heavy atom. The van der Waals surface area contributed by atoms with Gasteiger partial charge in [0, 0.05) is 18.8 Å². The van der Waals surface area contributed by atoms with Gasteiger partial charge in [0.25, 0.3) is 0 Å². The lowest BCUT2D eigenvalue weighted by atomic mass is 9.62. The zero-order chi connectivity index (χ0) is 16.2. The van der Waals surface area contributed by atoms with E-state index in [0.29, 0.717) is 0 Å². The number of benzene rings is 1. The van der Waals surface area contributed by atoms with Gasteiger partial charge in [-0.1, -0.05) is 12.1 Å². The Kier molecular flexibility index (Phi) is 5.59. The maximum Gasteiger partial charge on any atom is 0.123 e. The average molecular weight is 309 g/mol. The molecule has 124 valence electrons. The molecule has 0 aromatic heterocycles. The van der Waals surface area contributed by atoms with Crippen LogP contribution < -0.4 is 0 Å². The number of aliphatic hydroxyl groups is 2. The molecule has 1 aliphatic rings. The van der Waals surface area contributed by atoms with Crippen LogP contribution in [-0.4, -0.2) is 42.4 Å². The average Bonchev–Trinajstić information content (AvgIpc) is 2.48. The van der Waals surface area contributed by atoms with Crippen LogP contribution in [0.25, 0.3) is 0 Å². The summed E-state index contributed by atoms with van der Waals surface area (Å²) in [5.41, 5.74) is 0.895. The summed E-state index contributed by atoms with van der Waals surface area (Å²) in [5, 5.41) is 18.7. The van der Waals surface area contributed by atoms with E-state index < -0.39 is 0 Å². The highest BCUT2D eigenvalue weighted by molar-refractivity contribution is 5.26. The van der Waals surface area contributed by atoms with Gasteiger partial charge in [0.1, 0.15) is 5.82 Å². The van der Waals surface area contributed by atoms with E-state index >= 15 is 0 Å². The highest BCUT2D eigenvalue weighted by atomic mass is 19.1. The first-order chi connectivity index (χ1) is 10.5. The first-order valence-electron chi connectivity index (χ1n) is 8.13. The van der Waals surface area contributed by atoms with E-state index in [9.17, 15) is 14.6 Å². The van der Waals surface area contributed by atoms with E-state index in [1.165, 1.54) is 6.07 Å². The summed E-state index contributed by atoms with van der Waals surface area (Å²) < 4.78 is 13.7. The Labute approximate surface area is 132 Å². The van der Waals surface area contributed by atoms with Crippen molar-refractivity contribution in [2.75, 3.05) is 27.3 Å². The summed E-state index contributed by atoms with van der Waals surface area (Å²) in [6.45, 7) is 0.323. The largest absolute Gasteiger partial charge is 0.396 e. The Bertz CT molecular complexity index is 474. The van der Waals surface area contributed by atoms with E-state index in [4.69, 9.17) is 0 Å². The molecule has 1 fully saturated rings. The zero-order valence-electron chi connectivity index (χ0n) is 13.7. The smallest absolute Gasteiger partial charge is 0.123 e. The highest BCUT2D eigenvalue weighted by Crippen LogP contribution is 2.51. The van der Waals surface area contributed by atoms with Gasteiger partial charge >= 0.3 is 0 Å². The van der Waals surface area contributed by atoms with Crippen molar-refractivity contribution in [1.82, 2.24) is 4.90 Å². The topological polar surface area (TPSA) is 43.7 Å². The second-order valence-electron chi connectivity index (χ2n) is 6.88. The lowest BCUT2D eigenvalue weighted by molar-refractivity contribution is 0.00868. The molecule has 0 heterocycles. The van der Waals surface area contributed by atoms with Gasteiger partial charge in [-0.05, 0) is 75.7 Å². The molecule has 0 unspecified atom stereocenters. The molecule has 0 aliphatic heterocycles. The molecule has 0 amide bonds. The lowest BCUT2D eigenvalue weighted by Gasteiger charge is -2.50. The summed E-state index contributed by atoms with van der Waals surface area (Å²) in [4.78, 5) is 2.20. The standard InChI is InChI=1S/C18H28FNO2/c1-20(2)18(15-4-3-5-16(19)14-15)8-6-17(7-9-18,10-12-21)11-13-22/h3-5,14,21-22H,6-13H2,1-2H3. The van der Waals surface area contributed by atoms with Gasteiger partial charge in [-0.15, -0.1) is 0 Å². The van der Waals surface area contributed by atoms with E-state index in [1.54, 1.807) is 12.1 Å². The Morgan fingerprint density at radius 2 is 1.64 bits per heavy atom. The number of nitrogens with zero attached hydrogens (tertiary/aromatic N) is 1. The van der Waals surface area contributed by atoms with Gasteiger partial charge in [-0.3, -0.25) is 4.90 Å². The van der Waals surface area contributed by atoms with E-state index in [2.05, 4.69) is 19.0 Å². The normalized spacial score (nSPS) is 20.3. The fraction of sp³-hybridized carbons (Fsp3) is 0.667. The summed E-state index contributed by atoms with van der Waals surface area (Å²) in [6, 6.07) is 6.91. The number of halogens is 1. The molecule has 1 aromatic carbocycles. The molecular formula is C18H28FNO2. The molecule has 1 aliphatic carbocycles. The Morgan fingerprint density at radius 1 is 1.05 bits per heavy atom. The van der Waals surface area contributed by atoms with Gasteiger partial charge < -0.3 is 10.2 Å². The second-order valence-corrected chi connectivity index (χ2v) is 6.88. The molecule has 0 spiro atoms. The van der Waals surface area contributed by atoms with Gasteiger partial charge in [-0.25, -0.2) is 4.39 Å². The predicted octanol–water partition coefficient (Wildman–Crippen LogP) is 2.91. The third-order valence-electron chi connectivity index (χ3n) is 5.64. The third kappa shape index (κ3) is 3.34. The van der Waals surface area contributed by atoms with Crippen LogP contribution in [0.5, 0.6) is 0 Å². The maximum absolute atomic E-state index is 13.7. The number of rotatable bonds is 6. The minimum Gasteiger partial charge on any atom is -0.396 e. The zero-order valence-corrected chi connectivity index (χ0v) is 13.7. The van der Waals surface area contributed by atoms with Crippen molar-refractivity contribution >= 4 is 0 Å². The van der Waals surface area contributed by atoms with Crippen molar-refractivity contribution in [2.45, 2.75) is 44.1 Å². The third-order valence-corrected chi connectivity index (χ3v) is 5.64. The molecule has 0 radical (unpaired) electrons. The number of hydrogen-bond donors (Lipinski definition) is 2. The van der Waals surface area contributed by atoms with Crippen LogP contribution in [0.3, 0.4) is 0 Å². The van der Waals surface area contributed by atoms with Gasteiger partial charge in [0.15, 0.2) is 0 Å². The lowest BCUT2D eigenvalue weighted by Crippen LogP contribution is -2.47. The Hall–Kier alpha value is -0.970. The van der Waals surface area contributed by atoms with Crippen LogP contribution in [-0.2, 0) is 5.54 Å². The van der Waals surface area contributed by atoms with Crippen LogP contribution in [0.2, 0.25) is 0 Å². The highest BCUT2D eigenvalue weighted by Gasteiger charge is 2.44. The van der Waals surface area contributed by atoms with Gasteiger partial charge in [0.2, 0.25) is 0 Å². The first-order valence-corrected chi connectivity index (χ1v) is 8.13. The minimum absolute atomic E-state index is 0.0241. The first kappa shape index (κ1) is 17.4. The summed E-state index contributed by atoms with van der Waals surface area (Å²) in [6.07, 6.45) is 5.21. The van der Waals surface area contributed by atoms with E-state index in [0.717, 1.165) is 44.1 Å². The molecular weight excluding hydrogens is 281 g/mol. The van der Waals surface area contributed by atoms with Gasteiger partial charge in [-0.2, -0.15) is 0 Å². The molecule has 1 saturated carbocycles. The molecule has 1 aromatic rings. The van der Waals surface area contributed by atoms with Crippen LogP contribution in [0.15, 0.2) is 24.3 Å². The van der Waals surface area contributed by atoms with Crippen molar-refractivity contribution in [1.29, 1.82) is 0 Å². The van der Waals surface area contributed by atoms with Crippen LogP contribution >= 0.6 is 0 Å². The van der Waals surface area contributed by atoms with Crippen LogP contribution in [0.4, 0.5) is 4.39 Å². The van der Waals surface area contributed by atoms with E-state index in [1.807, 2.05) is 6.07 Å². The van der Waals surface area contributed by atoms with Crippen molar-refractivity contribution in [3.63, 3.8) is 0 Å². The molecule has 2 N–H and O–H groups in total. The number of aliphatic hydroxyl groups excluding tert-OH is 2. The molecule has 4 heteroatoms. The van der Waals surface area contributed by atoms with Gasteiger partial charge in [0.05, 0.1) is 0 Å². The molecule has 0 bridgehead atoms. The fourth-order valence-corrected chi connectivity index (χ4v) is 4.07. The van der Waals surface area contributed by atoms with Crippen LogP contribution in [0.1, 0.15) is 44.1 Å². The van der Waals surface area contributed by atoms with Crippen molar-refractivity contribution in [3.05, 3.63) is 35.6 Å². The van der Waals surface area contributed by atoms with Crippen molar-refractivity contribution in [3.8, 4) is 0 Å². The molecule has 0 atom stereocenters. The monoisotopic (exact) mass is 309 g/mol. The SMILES string of the molecule is CN(C)C1(c2cccc(F)c2)CCC(CCO)(CCO)CC1. The summed E-state index contributed by atoms with van der Waals surface area (Å²) in [5.74, 6) is -0.193. The van der Waals surface area contributed by atoms with E-state index in [-0.39, 0.29) is 30.0 Å². The maximum atomic E-state index is 13.7. The summed E-state index contributed by atoms with van der Waals surface area (Å²) in [7, 11) is 4.10. The summed E-state index contributed by atoms with van der Waals surface area (Å²) >= 11 is 0. The molecule has 3 nitrogen and oxygen atoms in total. The molecule has 2 rings (SSSR count). The predicted molar refractivity (Wildman–Crippen MR) is 86.1 cm³/mol. The van der Waals surface area contributed by atoms with Crippen molar-refractivity contribution < 1.29 is 14.6 Å². The Balaban J connectivity index is 2.26. The number of hydrogen-bond acceptors (Lipinski definition) is 3. The quantitative estimate of drug-likeness (QED) is 0.849. The fourth-order valence-electron chi connectivity index (χ4n) is 4.07. The molecule has 0 saturated heterocycles.